The second-order valence-corrected chi connectivity index (χ2v) is 6.53. The highest BCUT2D eigenvalue weighted by molar-refractivity contribution is 7.99. The van der Waals surface area contributed by atoms with Gasteiger partial charge in [-0.3, -0.25) is 4.90 Å². The molecule has 102 valence electrons. The number of thioether (sulfide) groups is 1. The lowest BCUT2D eigenvalue weighted by molar-refractivity contribution is 0.146. The summed E-state index contributed by atoms with van der Waals surface area (Å²) in [4.78, 5) is 6.61. The number of anilines is 1. The average molecular weight is 276 g/mol. The molecule has 0 saturated carbocycles. The molecule has 1 N–H and O–H groups in total. The lowest BCUT2D eigenvalue weighted by atomic mass is 10.0. The van der Waals surface area contributed by atoms with Crippen molar-refractivity contribution in [1.82, 2.24) is 9.88 Å². The third-order valence-corrected chi connectivity index (χ3v) is 4.41. The summed E-state index contributed by atoms with van der Waals surface area (Å²) in [6.45, 7) is 7.74. The molecule has 2 heterocycles. The lowest BCUT2D eigenvalue weighted by Gasteiger charge is -2.41. The summed E-state index contributed by atoms with van der Waals surface area (Å²) in [6, 6.07) is 5.68. The number of hydrogen-bond acceptors (Lipinski definition) is 5. The van der Waals surface area contributed by atoms with E-state index in [0.29, 0.717) is 5.69 Å². The van der Waals surface area contributed by atoms with Crippen LogP contribution in [0.3, 0.4) is 0 Å². The Morgan fingerprint density at radius 1 is 1.42 bits per heavy atom. The molecule has 0 radical (unpaired) electrons. The summed E-state index contributed by atoms with van der Waals surface area (Å²) in [6.07, 6.45) is 1.72. The van der Waals surface area contributed by atoms with Crippen LogP contribution >= 0.6 is 11.8 Å². The van der Waals surface area contributed by atoms with Gasteiger partial charge in [-0.2, -0.15) is 17.0 Å². The fraction of sp³-hybridized carbons (Fsp3) is 0.571. The van der Waals surface area contributed by atoms with E-state index in [0.717, 1.165) is 25.3 Å². The van der Waals surface area contributed by atoms with Gasteiger partial charge in [0.15, 0.2) is 0 Å². The van der Waals surface area contributed by atoms with Crippen LogP contribution < -0.4 is 5.32 Å². The Hall–Kier alpha value is -1.25. The van der Waals surface area contributed by atoms with Crippen molar-refractivity contribution in [1.29, 1.82) is 5.26 Å². The van der Waals surface area contributed by atoms with Gasteiger partial charge in [0.25, 0.3) is 0 Å². The van der Waals surface area contributed by atoms with E-state index in [2.05, 4.69) is 29.0 Å². The molecule has 1 aliphatic heterocycles. The van der Waals surface area contributed by atoms with Gasteiger partial charge in [0.1, 0.15) is 11.8 Å². The molecule has 1 saturated heterocycles. The number of pyridine rings is 1. The van der Waals surface area contributed by atoms with Crippen LogP contribution in [0, 0.1) is 11.3 Å². The maximum absolute atomic E-state index is 8.72. The Morgan fingerprint density at radius 2 is 2.16 bits per heavy atom. The third kappa shape index (κ3) is 3.85. The van der Waals surface area contributed by atoms with Crippen LogP contribution in [0.15, 0.2) is 18.3 Å². The van der Waals surface area contributed by atoms with Gasteiger partial charge in [0.05, 0.1) is 11.9 Å². The minimum Gasteiger partial charge on any atom is -0.382 e. The van der Waals surface area contributed by atoms with Crippen molar-refractivity contribution in [2.24, 2.45) is 0 Å². The fourth-order valence-corrected chi connectivity index (χ4v) is 3.07. The first kappa shape index (κ1) is 14.2. The van der Waals surface area contributed by atoms with E-state index in [4.69, 9.17) is 5.26 Å². The van der Waals surface area contributed by atoms with Crippen molar-refractivity contribution in [3.05, 3.63) is 24.0 Å². The maximum Gasteiger partial charge on any atom is 0.140 e. The van der Waals surface area contributed by atoms with E-state index in [1.807, 2.05) is 23.9 Å². The average Bonchev–Trinajstić information content (AvgIpc) is 2.47. The minimum atomic E-state index is 0.134. The van der Waals surface area contributed by atoms with Gasteiger partial charge in [-0.05, 0) is 26.0 Å². The van der Waals surface area contributed by atoms with Crippen LogP contribution in [-0.2, 0) is 0 Å². The molecule has 0 spiro atoms. The SMILES string of the molecule is CC(C)(CNc1ccc(C#N)nc1)N1CCSCC1. The second kappa shape index (κ2) is 6.27. The summed E-state index contributed by atoms with van der Waals surface area (Å²) in [5.41, 5.74) is 1.56. The minimum absolute atomic E-state index is 0.134. The number of aromatic nitrogens is 1. The van der Waals surface area contributed by atoms with E-state index in [-0.39, 0.29) is 5.54 Å². The molecule has 1 aromatic rings. The van der Waals surface area contributed by atoms with Crippen molar-refractivity contribution in [3.8, 4) is 6.07 Å². The summed E-state index contributed by atoms with van der Waals surface area (Å²) >= 11 is 2.03. The first-order valence-corrected chi connectivity index (χ1v) is 7.70. The predicted molar refractivity (Wildman–Crippen MR) is 80.4 cm³/mol. The highest BCUT2D eigenvalue weighted by Crippen LogP contribution is 2.20. The molecular formula is C14H20N4S. The van der Waals surface area contributed by atoms with Gasteiger partial charge in [-0.15, -0.1) is 0 Å². The summed E-state index contributed by atoms with van der Waals surface area (Å²) in [7, 11) is 0. The van der Waals surface area contributed by atoms with Crippen LogP contribution in [0.2, 0.25) is 0 Å². The molecule has 0 bridgehead atoms. The first-order chi connectivity index (χ1) is 9.12. The molecule has 1 fully saturated rings. The second-order valence-electron chi connectivity index (χ2n) is 5.31. The first-order valence-electron chi connectivity index (χ1n) is 6.55. The van der Waals surface area contributed by atoms with E-state index in [1.54, 1.807) is 12.3 Å². The molecule has 0 unspecified atom stereocenters. The molecule has 19 heavy (non-hydrogen) atoms. The molecule has 5 heteroatoms. The smallest absolute Gasteiger partial charge is 0.140 e. The fourth-order valence-electron chi connectivity index (χ4n) is 2.16. The van der Waals surface area contributed by atoms with Gasteiger partial charge in [-0.25, -0.2) is 4.98 Å². The molecule has 1 aromatic heterocycles. The Labute approximate surface area is 119 Å². The van der Waals surface area contributed by atoms with Gasteiger partial charge >= 0.3 is 0 Å². The highest BCUT2D eigenvalue weighted by Gasteiger charge is 2.27. The van der Waals surface area contributed by atoms with Crippen LogP contribution in [-0.4, -0.2) is 46.6 Å². The number of hydrogen-bond donors (Lipinski definition) is 1. The zero-order valence-corrected chi connectivity index (χ0v) is 12.3. The molecule has 2 rings (SSSR count). The number of rotatable bonds is 4. The lowest BCUT2D eigenvalue weighted by Crippen LogP contribution is -2.52. The molecule has 0 aromatic carbocycles. The third-order valence-electron chi connectivity index (χ3n) is 3.47. The van der Waals surface area contributed by atoms with Crippen molar-refractivity contribution in [2.75, 3.05) is 36.5 Å². The Balaban J connectivity index is 1.90. The normalized spacial score (nSPS) is 16.9. The summed E-state index contributed by atoms with van der Waals surface area (Å²) < 4.78 is 0. The Kier molecular flexibility index (Phi) is 4.67. The molecule has 0 aliphatic carbocycles. The monoisotopic (exact) mass is 276 g/mol. The molecule has 0 amide bonds. The largest absolute Gasteiger partial charge is 0.382 e. The van der Waals surface area contributed by atoms with Crippen LogP contribution in [0.4, 0.5) is 5.69 Å². The molecule has 4 nitrogen and oxygen atoms in total. The van der Waals surface area contributed by atoms with Crippen LogP contribution in [0.5, 0.6) is 0 Å². The van der Waals surface area contributed by atoms with Crippen LogP contribution in [0.1, 0.15) is 19.5 Å². The standard InChI is InChI=1S/C14H20N4S/c1-14(2,18-5-7-19-8-6-18)11-17-13-4-3-12(9-15)16-10-13/h3-4,10,17H,5-8,11H2,1-2H3. The van der Waals surface area contributed by atoms with E-state index >= 15 is 0 Å². The number of nitriles is 1. The molecular weight excluding hydrogens is 256 g/mol. The molecule has 1 aliphatic rings. The zero-order chi connectivity index (χ0) is 13.7. The van der Waals surface area contributed by atoms with Gasteiger partial charge in [0.2, 0.25) is 0 Å². The van der Waals surface area contributed by atoms with Crippen molar-refractivity contribution in [2.45, 2.75) is 19.4 Å². The van der Waals surface area contributed by atoms with Gasteiger partial charge in [0, 0.05) is 36.7 Å². The van der Waals surface area contributed by atoms with Crippen LogP contribution in [0.25, 0.3) is 0 Å². The van der Waals surface area contributed by atoms with E-state index in [9.17, 15) is 0 Å². The van der Waals surface area contributed by atoms with E-state index in [1.165, 1.54) is 11.5 Å². The number of nitrogens with zero attached hydrogens (tertiary/aromatic N) is 3. The summed E-state index contributed by atoms with van der Waals surface area (Å²) in [5.74, 6) is 2.45. The molecule has 0 atom stereocenters. The van der Waals surface area contributed by atoms with Crippen molar-refractivity contribution >= 4 is 17.4 Å². The van der Waals surface area contributed by atoms with Gasteiger partial charge < -0.3 is 5.32 Å². The zero-order valence-electron chi connectivity index (χ0n) is 11.5. The van der Waals surface area contributed by atoms with Gasteiger partial charge in [-0.1, -0.05) is 0 Å². The quantitative estimate of drug-likeness (QED) is 0.913. The predicted octanol–water partition coefficient (Wildman–Crippen LogP) is 2.19. The highest BCUT2D eigenvalue weighted by atomic mass is 32.2. The Bertz CT molecular complexity index is 444. The van der Waals surface area contributed by atoms with Crippen molar-refractivity contribution in [3.63, 3.8) is 0 Å². The topological polar surface area (TPSA) is 52.0 Å². The van der Waals surface area contributed by atoms with E-state index < -0.39 is 0 Å². The number of nitrogens with one attached hydrogen (secondary N) is 1. The van der Waals surface area contributed by atoms with Crippen molar-refractivity contribution < 1.29 is 0 Å². The Morgan fingerprint density at radius 3 is 2.74 bits per heavy atom. The maximum atomic E-state index is 8.72. The summed E-state index contributed by atoms with van der Waals surface area (Å²) in [5, 5.41) is 12.1.